The molecule has 0 saturated heterocycles. The van der Waals surface area contributed by atoms with Crippen LogP contribution >= 0.6 is 0 Å². The van der Waals surface area contributed by atoms with E-state index in [1.165, 1.54) is 11.1 Å². The lowest BCUT2D eigenvalue weighted by Gasteiger charge is -2.12. The summed E-state index contributed by atoms with van der Waals surface area (Å²) in [6.45, 7) is 3.52. The summed E-state index contributed by atoms with van der Waals surface area (Å²) in [6.07, 6.45) is 2.46. The molecule has 0 aliphatic heterocycles. The number of aryl methyl sites for hydroxylation is 1. The van der Waals surface area contributed by atoms with E-state index >= 15 is 0 Å². The maximum absolute atomic E-state index is 12.0. The van der Waals surface area contributed by atoms with Gasteiger partial charge in [-0.3, -0.25) is 4.79 Å². The lowest BCUT2D eigenvalue weighted by Crippen LogP contribution is -2.32. The van der Waals surface area contributed by atoms with Gasteiger partial charge in [-0.15, -0.1) is 0 Å². The summed E-state index contributed by atoms with van der Waals surface area (Å²) in [5.74, 6) is 0.219. The molecule has 2 rings (SSSR count). The second kappa shape index (κ2) is 6.60. The highest BCUT2D eigenvalue weighted by atomic mass is 32.2. The SMILES string of the molecule is CC(C)S(=O)(=O)CCNC(=O)CC1CCc2ccccc21. The summed E-state index contributed by atoms with van der Waals surface area (Å²) < 4.78 is 23.3. The zero-order valence-electron chi connectivity index (χ0n) is 12.6. The van der Waals surface area contributed by atoms with Gasteiger partial charge in [-0.1, -0.05) is 24.3 Å². The van der Waals surface area contributed by atoms with Crippen LogP contribution in [-0.2, 0) is 21.1 Å². The van der Waals surface area contributed by atoms with Crippen molar-refractivity contribution >= 4 is 15.7 Å². The first-order chi connectivity index (χ1) is 9.90. The van der Waals surface area contributed by atoms with Crippen LogP contribution in [-0.4, -0.2) is 31.9 Å². The number of nitrogens with one attached hydrogen (secondary N) is 1. The fourth-order valence-corrected chi connectivity index (χ4v) is 3.58. The summed E-state index contributed by atoms with van der Waals surface area (Å²) >= 11 is 0. The van der Waals surface area contributed by atoms with Crippen LogP contribution in [0.4, 0.5) is 0 Å². The van der Waals surface area contributed by atoms with Crippen molar-refractivity contribution in [2.75, 3.05) is 12.3 Å². The number of amides is 1. The van der Waals surface area contributed by atoms with Crippen LogP contribution in [0.15, 0.2) is 24.3 Å². The van der Waals surface area contributed by atoms with Gasteiger partial charge in [0.25, 0.3) is 0 Å². The van der Waals surface area contributed by atoms with E-state index in [4.69, 9.17) is 0 Å². The predicted octanol–water partition coefficient (Wildman–Crippen LogP) is 2.05. The van der Waals surface area contributed by atoms with Crippen molar-refractivity contribution in [1.29, 1.82) is 0 Å². The van der Waals surface area contributed by atoms with Gasteiger partial charge in [0.2, 0.25) is 5.91 Å². The minimum absolute atomic E-state index is 0.0116. The third-order valence-corrected chi connectivity index (χ3v) is 6.33. The number of sulfone groups is 1. The number of benzene rings is 1. The van der Waals surface area contributed by atoms with Gasteiger partial charge in [-0.05, 0) is 43.7 Å². The van der Waals surface area contributed by atoms with E-state index in [9.17, 15) is 13.2 Å². The Bertz CT molecular complexity index is 608. The fraction of sp³-hybridized carbons (Fsp3) is 0.562. The molecule has 1 aromatic carbocycles. The largest absolute Gasteiger partial charge is 0.355 e. The van der Waals surface area contributed by atoms with Crippen molar-refractivity contribution in [2.45, 2.75) is 44.3 Å². The first-order valence-corrected chi connectivity index (χ1v) is 9.18. The maximum atomic E-state index is 12.0. The fourth-order valence-electron chi connectivity index (χ4n) is 2.72. The Morgan fingerprint density at radius 1 is 1.33 bits per heavy atom. The minimum atomic E-state index is -3.08. The molecule has 1 aliphatic rings. The van der Waals surface area contributed by atoms with Gasteiger partial charge in [0.1, 0.15) is 0 Å². The molecule has 1 aliphatic carbocycles. The van der Waals surface area contributed by atoms with Crippen LogP contribution in [0.3, 0.4) is 0 Å². The Labute approximate surface area is 126 Å². The molecule has 21 heavy (non-hydrogen) atoms. The van der Waals surface area contributed by atoms with Crippen LogP contribution in [0.1, 0.15) is 43.7 Å². The molecule has 116 valence electrons. The Morgan fingerprint density at radius 3 is 2.76 bits per heavy atom. The molecule has 5 heteroatoms. The van der Waals surface area contributed by atoms with Gasteiger partial charge in [-0.25, -0.2) is 8.42 Å². The first kappa shape index (κ1) is 16.0. The third kappa shape index (κ3) is 4.06. The summed E-state index contributed by atoms with van der Waals surface area (Å²) in [6, 6.07) is 8.23. The molecule has 1 N–H and O–H groups in total. The standard InChI is InChI=1S/C16H23NO3S/c1-12(2)21(19,20)10-9-17-16(18)11-14-8-7-13-5-3-4-6-15(13)14/h3-6,12,14H,7-11H2,1-2H3,(H,17,18). The average molecular weight is 309 g/mol. The summed E-state index contributed by atoms with van der Waals surface area (Å²) in [5.41, 5.74) is 2.60. The lowest BCUT2D eigenvalue weighted by atomic mass is 9.97. The molecule has 0 bridgehead atoms. The highest BCUT2D eigenvalue weighted by Gasteiger charge is 2.24. The average Bonchev–Trinajstić information content (AvgIpc) is 2.82. The molecule has 0 saturated carbocycles. The van der Waals surface area contributed by atoms with Gasteiger partial charge in [-0.2, -0.15) is 0 Å². The zero-order valence-corrected chi connectivity index (χ0v) is 13.4. The van der Waals surface area contributed by atoms with E-state index in [0.717, 1.165) is 12.8 Å². The smallest absolute Gasteiger partial charge is 0.220 e. The monoisotopic (exact) mass is 309 g/mol. The highest BCUT2D eigenvalue weighted by molar-refractivity contribution is 7.92. The van der Waals surface area contributed by atoms with Crippen molar-refractivity contribution in [1.82, 2.24) is 5.32 Å². The van der Waals surface area contributed by atoms with E-state index in [-0.39, 0.29) is 24.1 Å². The van der Waals surface area contributed by atoms with E-state index < -0.39 is 15.1 Å². The van der Waals surface area contributed by atoms with Gasteiger partial charge in [0.15, 0.2) is 9.84 Å². The molecule has 0 radical (unpaired) electrons. The van der Waals surface area contributed by atoms with Crippen molar-refractivity contribution in [3.05, 3.63) is 35.4 Å². The van der Waals surface area contributed by atoms with Crippen LogP contribution in [0, 0.1) is 0 Å². The minimum Gasteiger partial charge on any atom is -0.355 e. The molecule has 0 spiro atoms. The van der Waals surface area contributed by atoms with Gasteiger partial charge < -0.3 is 5.32 Å². The van der Waals surface area contributed by atoms with Gasteiger partial charge in [0, 0.05) is 13.0 Å². The lowest BCUT2D eigenvalue weighted by molar-refractivity contribution is -0.121. The Kier molecular flexibility index (Phi) is 5.04. The predicted molar refractivity (Wildman–Crippen MR) is 84.1 cm³/mol. The van der Waals surface area contributed by atoms with E-state index in [1.54, 1.807) is 13.8 Å². The highest BCUT2D eigenvalue weighted by Crippen LogP contribution is 2.34. The second-order valence-corrected chi connectivity index (χ2v) is 8.58. The third-order valence-electron chi connectivity index (χ3n) is 4.12. The number of hydrogen-bond acceptors (Lipinski definition) is 3. The first-order valence-electron chi connectivity index (χ1n) is 7.46. The summed E-state index contributed by atoms with van der Waals surface area (Å²) in [5, 5.41) is 2.34. The topological polar surface area (TPSA) is 63.2 Å². The van der Waals surface area contributed by atoms with Gasteiger partial charge in [0.05, 0.1) is 11.0 Å². The molecule has 1 aromatic rings. The molecular formula is C16H23NO3S. The van der Waals surface area contributed by atoms with Crippen LogP contribution < -0.4 is 5.32 Å². The van der Waals surface area contributed by atoms with E-state index in [2.05, 4.69) is 17.4 Å². The van der Waals surface area contributed by atoms with E-state index in [1.807, 2.05) is 12.1 Å². The van der Waals surface area contributed by atoms with E-state index in [0.29, 0.717) is 6.42 Å². The Hall–Kier alpha value is -1.36. The molecular weight excluding hydrogens is 286 g/mol. The molecule has 0 fully saturated rings. The maximum Gasteiger partial charge on any atom is 0.220 e. The van der Waals surface area contributed by atoms with Crippen molar-refractivity contribution in [2.24, 2.45) is 0 Å². The normalized spacial score (nSPS) is 17.8. The number of fused-ring (bicyclic) bond motifs is 1. The molecule has 0 heterocycles. The van der Waals surface area contributed by atoms with Crippen LogP contribution in [0.2, 0.25) is 0 Å². The number of carbonyl (C=O) groups excluding carboxylic acids is 1. The van der Waals surface area contributed by atoms with Crippen molar-refractivity contribution in [3.63, 3.8) is 0 Å². The number of rotatable bonds is 6. The Morgan fingerprint density at radius 2 is 2.05 bits per heavy atom. The van der Waals surface area contributed by atoms with Crippen LogP contribution in [0.5, 0.6) is 0 Å². The number of carbonyl (C=O) groups is 1. The molecule has 1 atom stereocenters. The second-order valence-electron chi connectivity index (χ2n) is 5.90. The molecule has 4 nitrogen and oxygen atoms in total. The number of hydrogen-bond donors (Lipinski definition) is 1. The summed E-state index contributed by atoms with van der Waals surface area (Å²) in [4.78, 5) is 12.0. The van der Waals surface area contributed by atoms with Crippen LogP contribution in [0.25, 0.3) is 0 Å². The van der Waals surface area contributed by atoms with Crippen molar-refractivity contribution < 1.29 is 13.2 Å². The quantitative estimate of drug-likeness (QED) is 0.874. The Balaban J connectivity index is 1.82. The van der Waals surface area contributed by atoms with Crippen molar-refractivity contribution in [3.8, 4) is 0 Å². The molecule has 1 unspecified atom stereocenters. The zero-order chi connectivity index (χ0) is 15.5. The molecule has 0 aromatic heterocycles. The van der Waals surface area contributed by atoms with Gasteiger partial charge >= 0.3 is 0 Å². The summed E-state index contributed by atoms with van der Waals surface area (Å²) in [7, 11) is -3.08. The molecule has 1 amide bonds.